The lowest BCUT2D eigenvalue weighted by molar-refractivity contribution is -0.148. The quantitative estimate of drug-likeness (QED) is 0.855. The third-order valence-corrected chi connectivity index (χ3v) is 4.22. The third-order valence-electron chi connectivity index (χ3n) is 4.22. The molecule has 1 aromatic heterocycles. The molecule has 1 heterocycles. The summed E-state index contributed by atoms with van der Waals surface area (Å²) in [4.78, 5) is 25.4. The first-order valence-corrected chi connectivity index (χ1v) is 6.98. The number of carbonyl (C=O) groups is 2. The lowest BCUT2D eigenvalue weighted by Crippen LogP contribution is -2.36. The number of rotatable bonds is 5. The standard InChI is InChI=1S/C14H21N3O3/c1-3-9-4-11(12(5-9)14(19)20)13(18)17(2)8-10-6-15-16-7-10/h6-7,9,11-12H,3-5,8H2,1-2H3,(H,15,16)(H,19,20). The van der Waals surface area contributed by atoms with Gasteiger partial charge in [0.15, 0.2) is 0 Å². The Hall–Kier alpha value is -1.85. The van der Waals surface area contributed by atoms with Crippen LogP contribution in [-0.2, 0) is 16.1 Å². The molecule has 0 aromatic carbocycles. The molecule has 2 rings (SSSR count). The first kappa shape index (κ1) is 14.6. The zero-order valence-electron chi connectivity index (χ0n) is 11.9. The minimum atomic E-state index is -0.851. The Morgan fingerprint density at radius 1 is 1.45 bits per heavy atom. The van der Waals surface area contributed by atoms with Crippen molar-refractivity contribution in [3.8, 4) is 0 Å². The maximum absolute atomic E-state index is 12.5. The Balaban J connectivity index is 2.04. The van der Waals surface area contributed by atoms with Gasteiger partial charge in [0.25, 0.3) is 0 Å². The van der Waals surface area contributed by atoms with Crippen molar-refractivity contribution in [1.82, 2.24) is 15.1 Å². The highest BCUT2D eigenvalue weighted by atomic mass is 16.4. The predicted octanol–water partition coefficient (Wildman–Crippen LogP) is 1.51. The van der Waals surface area contributed by atoms with Crippen molar-refractivity contribution >= 4 is 11.9 Å². The van der Waals surface area contributed by atoms with E-state index in [9.17, 15) is 14.7 Å². The van der Waals surface area contributed by atoms with Crippen molar-refractivity contribution < 1.29 is 14.7 Å². The number of H-pyrrole nitrogens is 1. The van der Waals surface area contributed by atoms with Crippen LogP contribution >= 0.6 is 0 Å². The lowest BCUT2D eigenvalue weighted by atomic mass is 9.95. The highest BCUT2D eigenvalue weighted by Gasteiger charge is 2.43. The summed E-state index contributed by atoms with van der Waals surface area (Å²) < 4.78 is 0. The highest BCUT2D eigenvalue weighted by Crippen LogP contribution is 2.39. The number of amides is 1. The largest absolute Gasteiger partial charge is 0.481 e. The smallest absolute Gasteiger partial charge is 0.307 e. The molecular weight excluding hydrogens is 258 g/mol. The summed E-state index contributed by atoms with van der Waals surface area (Å²) in [6.07, 6.45) is 5.63. The summed E-state index contributed by atoms with van der Waals surface area (Å²) in [5.41, 5.74) is 0.915. The van der Waals surface area contributed by atoms with Gasteiger partial charge < -0.3 is 10.0 Å². The van der Waals surface area contributed by atoms with Gasteiger partial charge in [-0.1, -0.05) is 13.3 Å². The number of carbonyl (C=O) groups excluding carboxylic acids is 1. The second-order valence-electron chi connectivity index (χ2n) is 5.60. The molecule has 1 aliphatic carbocycles. The van der Waals surface area contributed by atoms with Gasteiger partial charge in [-0.05, 0) is 18.8 Å². The van der Waals surface area contributed by atoms with Gasteiger partial charge in [0.05, 0.1) is 18.0 Å². The minimum absolute atomic E-state index is 0.0745. The van der Waals surface area contributed by atoms with Crippen molar-refractivity contribution in [3.63, 3.8) is 0 Å². The summed E-state index contributed by atoms with van der Waals surface area (Å²) >= 11 is 0. The molecule has 0 radical (unpaired) electrons. The summed E-state index contributed by atoms with van der Waals surface area (Å²) in [5, 5.41) is 15.8. The molecule has 0 spiro atoms. The number of aliphatic carboxylic acids is 1. The van der Waals surface area contributed by atoms with E-state index in [1.807, 2.05) is 6.92 Å². The van der Waals surface area contributed by atoms with E-state index in [4.69, 9.17) is 0 Å². The van der Waals surface area contributed by atoms with Crippen LogP contribution in [-0.4, -0.2) is 39.1 Å². The zero-order chi connectivity index (χ0) is 14.7. The third kappa shape index (κ3) is 3.00. The van der Waals surface area contributed by atoms with E-state index in [0.29, 0.717) is 25.3 Å². The van der Waals surface area contributed by atoms with Crippen LogP contribution in [0.25, 0.3) is 0 Å². The second-order valence-corrected chi connectivity index (χ2v) is 5.60. The highest BCUT2D eigenvalue weighted by molar-refractivity contribution is 5.85. The fourth-order valence-electron chi connectivity index (χ4n) is 3.02. The van der Waals surface area contributed by atoms with Crippen molar-refractivity contribution in [1.29, 1.82) is 0 Å². The van der Waals surface area contributed by atoms with Crippen molar-refractivity contribution in [2.75, 3.05) is 7.05 Å². The molecule has 3 atom stereocenters. The Bertz CT molecular complexity index is 472. The number of hydrogen-bond acceptors (Lipinski definition) is 3. The molecule has 3 unspecified atom stereocenters. The van der Waals surface area contributed by atoms with Crippen LogP contribution < -0.4 is 0 Å². The fraction of sp³-hybridized carbons (Fsp3) is 0.643. The molecule has 20 heavy (non-hydrogen) atoms. The molecule has 0 aliphatic heterocycles. The summed E-state index contributed by atoms with van der Waals surface area (Å²) in [7, 11) is 1.72. The van der Waals surface area contributed by atoms with Gasteiger partial charge in [-0.15, -0.1) is 0 Å². The average molecular weight is 279 g/mol. The van der Waals surface area contributed by atoms with Crippen LogP contribution in [0.1, 0.15) is 31.7 Å². The number of aromatic amines is 1. The number of carboxylic acids is 1. The Morgan fingerprint density at radius 3 is 2.70 bits per heavy atom. The molecular formula is C14H21N3O3. The molecule has 1 amide bonds. The number of carboxylic acid groups (broad SMARTS) is 1. The van der Waals surface area contributed by atoms with Crippen LogP contribution in [0.3, 0.4) is 0 Å². The van der Waals surface area contributed by atoms with E-state index in [2.05, 4.69) is 10.2 Å². The van der Waals surface area contributed by atoms with E-state index >= 15 is 0 Å². The molecule has 1 aromatic rings. The maximum Gasteiger partial charge on any atom is 0.307 e. The van der Waals surface area contributed by atoms with E-state index in [-0.39, 0.29) is 5.91 Å². The Labute approximate surface area is 118 Å². The first-order valence-electron chi connectivity index (χ1n) is 6.98. The number of nitrogens with one attached hydrogen (secondary N) is 1. The topological polar surface area (TPSA) is 86.3 Å². The first-order chi connectivity index (χ1) is 9.52. The molecule has 1 aliphatic rings. The maximum atomic E-state index is 12.5. The van der Waals surface area contributed by atoms with Crippen LogP contribution in [0.15, 0.2) is 12.4 Å². The number of nitrogens with zero attached hydrogens (tertiary/aromatic N) is 2. The van der Waals surface area contributed by atoms with Gasteiger partial charge in [0.1, 0.15) is 0 Å². The van der Waals surface area contributed by atoms with Gasteiger partial charge in [0, 0.05) is 25.4 Å². The van der Waals surface area contributed by atoms with Crippen LogP contribution in [0.5, 0.6) is 0 Å². The summed E-state index contributed by atoms with van der Waals surface area (Å²) in [6.45, 7) is 2.50. The normalized spacial score (nSPS) is 25.6. The summed E-state index contributed by atoms with van der Waals surface area (Å²) in [6, 6.07) is 0. The molecule has 1 saturated carbocycles. The molecule has 6 heteroatoms. The van der Waals surface area contributed by atoms with E-state index in [0.717, 1.165) is 12.0 Å². The zero-order valence-corrected chi connectivity index (χ0v) is 11.9. The molecule has 6 nitrogen and oxygen atoms in total. The van der Waals surface area contributed by atoms with Gasteiger partial charge in [-0.25, -0.2) is 0 Å². The van der Waals surface area contributed by atoms with Crippen LogP contribution in [0, 0.1) is 17.8 Å². The van der Waals surface area contributed by atoms with E-state index in [1.165, 1.54) is 0 Å². The van der Waals surface area contributed by atoms with Crippen LogP contribution in [0.2, 0.25) is 0 Å². The van der Waals surface area contributed by atoms with Crippen molar-refractivity contribution in [2.24, 2.45) is 17.8 Å². The summed E-state index contributed by atoms with van der Waals surface area (Å²) in [5.74, 6) is -1.52. The van der Waals surface area contributed by atoms with Gasteiger partial charge in [-0.2, -0.15) is 5.10 Å². The predicted molar refractivity (Wildman–Crippen MR) is 72.7 cm³/mol. The Kier molecular flexibility index (Phi) is 4.42. The molecule has 110 valence electrons. The van der Waals surface area contributed by atoms with Gasteiger partial charge in [0.2, 0.25) is 5.91 Å². The van der Waals surface area contributed by atoms with Crippen LogP contribution in [0.4, 0.5) is 0 Å². The average Bonchev–Trinajstić information content (AvgIpc) is 3.06. The van der Waals surface area contributed by atoms with E-state index < -0.39 is 17.8 Å². The van der Waals surface area contributed by atoms with E-state index in [1.54, 1.807) is 24.3 Å². The molecule has 0 saturated heterocycles. The monoisotopic (exact) mass is 279 g/mol. The second kappa shape index (κ2) is 6.07. The molecule has 2 N–H and O–H groups in total. The van der Waals surface area contributed by atoms with Gasteiger partial charge >= 0.3 is 5.97 Å². The number of hydrogen-bond donors (Lipinski definition) is 2. The Morgan fingerprint density at radius 2 is 2.15 bits per heavy atom. The SMILES string of the molecule is CCC1CC(C(=O)O)C(C(=O)N(C)Cc2cn[nH]c2)C1. The van der Waals surface area contributed by atoms with Crippen molar-refractivity contribution in [3.05, 3.63) is 18.0 Å². The number of aromatic nitrogens is 2. The fourth-order valence-corrected chi connectivity index (χ4v) is 3.02. The molecule has 0 bridgehead atoms. The molecule has 1 fully saturated rings. The van der Waals surface area contributed by atoms with Crippen molar-refractivity contribution in [2.45, 2.75) is 32.7 Å². The minimum Gasteiger partial charge on any atom is -0.481 e. The van der Waals surface area contributed by atoms with Gasteiger partial charge in [-0.3, -0.25) is 14.7 Å². The lowest BCUT2D eigenvalue weighted by Gasteiger charge is -2.23.